The molecule has 0 aromatic heterocycles. The summed E-state index contributed by atoms with van der Waals surface area (Å²) < 4.78 is 5.49. The first-order chi connectivity index (χ1) is 7.06. The highest BCUT2D eigenvalue weighted by molar-refractivity contribution is 5.87. The molecule has 2 nitrogen and oxygen atoms in total. The molecule has 0 amide bonds. The SMILES string of the molecule is C=C(CC)C(=O)OC1CCCC(C)C1C. The Morgan fingerprint density at radius 2 is 2.07 bits per heavy atom. The minimum atomic E-state index is -0.205. The Morgan fingerprint density at radius 1 is 1.40 bits per heavy atom. The molecule has 1 aliphatic rings. The molecular weight excluding hydrogens is 188 g/mol. The third kappa shape index (κ3) is 3.08. The van der Waals surface area contributed by atoms with Gasteiger partial charge in [0.15, 0.2) is 0 Å². The van der Waals surface area contributed by atoms with E-state index in [1.165, 1.54) is 12.8 Å². The summed E-state index contributed by atoms with van der Waals surface area (Å²) in [4.78, 5) is 11.6. The van der Waals surface area contributed by atoms with Crippen LogP contribution in [0.5, 0.6) is 0 Å². The van der Waals surface area contributed by atoms with E-state index in [9.17, 15) is 4.79 Å². The van der Waals surface area contributed by atoms with Crippen LogP contribution in [0.2, 0.25) is 0 Å². The lowest BCUT2D eigenvalue weighted by Crippen LogP contribution is -2.33. The molecule has 86 valence electrons. The van der Waals surface area contributed by atoms with Gasteiger partial charge in [-0.15, -0.1) is 0 Å². The van der Waals surface area contributed by atoms with Crippen LogP contribution in [-0.2, 0) is 9.53 Å². The maximum atomic E-state index is 11.6. The third-order valence-corrected chi connectivity index (χ3v) is 3.61. The lowest BCUT2D eigenvalue weighted by atomic mass is 9.79. The second-order valence-electron chi connectivity index (χ2n) is 4.67. The van der Waals surface area contributed by atoms with Crippen LogP contribution in [0.3, 0.4) is 0 Å². The van der Waals surface area contributed by atoms with Crippen LogP contribution in [0, 0.1) is 11.8 Å². The first-order valence-corrected chi connectivity index (χ1v) is 5.95. The summed E-state index contributed by atoms with van der Waals surface area (Å²) in [6, 6.07) is 0. The molecule has 3 atom stereocenters. The molecule has 15 heavy (non-hydrogen) atoms. The van der Waals surface area contributed by atoms with Crippen molar-refractivity contribution >= 4 is 5.97 Å². The summed E-state index contributed by atoms with van der Waals surface area (Å²) in [7, 11) is 0. The Morgan fingerprint density at radius 3 is 2.67 bits per heavy atom. The number of hydrogen-bond donors (Lipinski definition) is 0. The number of hydrogen-bond acceptors (Lipinski definition) is 2. The minimum Gasteiger partial charge on any atom is -0.459 e. The molecule has 0 heterocycles. The van der Waals surface area contributed by atoms with Gasteiger partial charge in [0.2, 0.25) is 0 Å². The molecule has 0 aliphatic heterocycles. The molecule has 1 saturated carbocycles. The monoisotopic (exact) mass is 210 g/mol. The van der Waals surface area contributed by atoms with E-state index in [0.29, 0.717) is 23.8 Å². The van der Waals surface area contributed by atoms with E-state index in [1.54, 1.807) is 0 Å². The molecular formula is C13H22O2. The molecule has 3 unspecified atom stereocenters. The van der Waals surface area contributed by atoms with E-state index in [-0.39, 0.29) is 12.1 Å². The smallest absolute Gasteiger partial charge is 0.333 e. The van der Waals surface area contributed by atoms with E-state index in [4.69, 9.17) is 4.74 Å². The molecule has 1 rings (SSSR count). The van der Waals surface area contributed by atoms with Crippen LogP contribution in [0.25, 0.3) is 0 Å². The van der Waals surface area contributed by atoms with Gasteiger partial charge in [-0.1, -0.05) is 33.8 Å². The molecule has 1 fully saturated rings. The Kier molecular flexibility index (Phi) is 4.37. The summed E-state index contributed by atoms with van der Waals surface area (Å²) in [5.41, 5.74) is 0.584. The van der Waals surface area contributed by atoms with Gasteiger partial charge >= 0.3 is 5.97 Å². The highest BCUT2D eigenvalue weighted by Crippen LogP contribution is 2.31. The number of carbonyl (C=O) groups is 1. The largest absolute Gasteiger partial charge is 0.459 e. The molecule has 0 radical (unpaired) electrons. The van der Waals surface area contributed by atoms with E-state index in [0.717, 1.165) is 6.42 Å². The van der Waals surface area contributed by atoms with Gasteiger partial charge in [-0.05, 0) is 31.1 Å². The molecule has 0 bridgehead atoms. The van der Waals surface area contributed by atoms with Crippen molar-refractivity contribution < 1.29 is 9.53 Å². The van der Waals surface area contributed by atoms with Crippen molar-refractivity contribution in [1.82, 2.24) is 0 Å². The summed E-state index contributed by atoms with van der Waals surface area (Å²) in [5, 5.41) is 0. The van der Waals surface area contributed by atoms with Gasteiger partial charge in [-0.2, -0.15) is 0 Å². The van der Waals surface area contributed by atoms with Gasteiger partial charge in [0.05, 0.1) is 0 Å². The predicted octanol–water partition coefficient (Wildman–Crippen LogP) is 3.32. The van der Waals surface area contributed by atoms with Crippen molar-refractivity contribution in [2.45, 2.75) is 52.6 Å². The van der Waals surface area contributed by atoms with Gasteiger partial charge in [0.25, 0.3) is 0 Å². The lowest BCUT2D eigenvalue weighted by molar-refractivity contribution is -0.149. The Hall–Kier alpha value is -0.790. The Balaban J connectivity index is 2.50. The van der Waals surface area contributed by atoms with Gasteiger partial charge in [-0.25, -0.2) is 4.79 Å². The van der Waals surface area contributed by atoms with Gasteiger partial charge < -0.3 is 4.74 Å². The maximum Gasteiger partial charge on any atom is 0.333 e. The topological polar surface area (TPSA) is 26.3 Å². The van der Waals surface area contributed by atoms with Crippen molar-refractivity contribution in [3.8, 4) is 0 Å². The summed E-state index contributed by atoms with van der Waals surface area (Å²) >= 11 is 0. The van der Waals surface area contributed by atoms with Gasteiger partial charge in [-0.3, -0.25) is 0 Å². The van der Waals surface area contributed by atoms with E-state index >= 15 is 0 Å². The summed E-state index contributed by atoms with van der Waals surface area (Å²) in [5.74, 6) is 0.933. The maximum absolute atomic E-state index is 11.6. The van der Waals surface area contributed by atoms with Gasteiger partial charge in [0, 0.05) is 5.57 Å². The first kappa shape index (κ1) is 12.3. The molecule has 1 aliphatic carbocycles. The zero-order chi connectivity index (χ0) is 11.4. The van der Waals surface area contributed by atoms with E-state index in [2.05, 4.69) is 20.4 Å². The van der Waals surface area contributed by atoms with Crippen LogP contribution >= 0.6 is 0 Å². The first-order valence-electron chi connectivity index (χ1n) is 5.95. The molecule has 0 saturated heterocycles. The zero-order valence-electron chi connectivity index (χ0n) is 10.1. The fraction of sp³-hybridized carbons (Fsp3) is 0.769. The predicted molar refractivity (Wildman–Crippen MR) is 61.5 cm³/mol. The average molecular weight is 210 g/mol. The average Bonchev–Trinajstić information content (AvgIpc) is 2.23. The fourth-order valence-corrected chi connectivity index (χ4v) is 2.06. The zero-order valence-corrected chi connectivity index (χ0v) is 10.1. The molecule has 0 spiro atoms. The van der Waals surface area contributed by atoms with Crippen LogP contribution in [0.15, 0.2) is 12.2 Å². The molecule has 0 aromatic rings. The summed E-state index contributed by atoms with van der Waals surface area (Å²) in [6.07, 6.45) is 4.21. The molecule has 2 heteroatoms. The standard InChI is InChI=1S/C13H22O2/c1-5-9(2)13(14)15-12-8-6-7-10(3)11(12)4/h10-12H,2,5-8H2,1,3-4H3. The number of esters is 1. The van der Waals surface area contributed by atoms with Crippen molar-refractivity contribution in [3.05, 3.63) is 12.2 Å². The van der Waals surface area contributed by atoms with Gasteiger partial charge in [0.1, 0.15) is 6.10 Å². The van der Waals surface area contributed by atoms with Crippen LogP contribution in [-0.4, -0.2) is 12.1 Å². The highest BCUT2D eigenvalue weighted by atomic mass is 16.5. The van der Waals surface area contributed by atoms with Crippen molar-refractivity contribution in [3.63, 3.8) is 0 Å². The number of carbonyl (C=O) groups excluding carboxylic acids is 1. The fourth-order valence-electron chi connectivity index (χ4n) is 2.06. The summed E-state index contributed by atoms with van der Waals surface area (Å²) in [6.45, 7) is 10.0. The van der Waals surface area contributed by atoms with Crippen molar-refractivity contribution in [2.24, 2.45) is 11.8 Å². The second kappa shape index (κ2) is 5.34. The minimum absolute atomic E-state index is 0.101. The van der Waals surface area contributed by atoms with Crippen molar-refractivity contribution in [2.75, 3.05) is 0 Å². The third-order valence-electron chi connectivity index (χ3n) is 3.61. The van der Waals surface area contributed by atoms with E-state index < -0.39 is 0 Å². The molecule has 0 aromatic carbocycles. The van der Waals surface area contributed by atoms with Crippen LogP contribution < -0.4 is 0 Å². The lowest BCUT2D eigenvalue weighted by Gasteiger charge is -2.33. The number of rotatable bonds is 3. The van der Waals surface area contributed by atoms with Crippen molar-refractivity contribution in [1.29, 1.82) is 0 Å². The normalized spacial score (nSPS) is 31.0. The van der Waals surface area contributed by atoms with Crippen LogP contribution in [0.1, 0.15) is 46.5 Å². The van der Waals surface area contributed by atoms with Crippen LogP contribution in [0.4, 0.5) is 0 Å². The highest BCUT2D eigenvalue weighted by Gasteiger charge is 2.30. The quantitative estimate of drug-likeness (QED) is 0.527. The molecule has 0 N–H and O–H groups in total. The second-order valence-corrected chi connectivity index (χ2v) is 4.67. The Bertz CT molecular complexity index is 245. The van der Waals surface area contributed by atoms with E-state index in [1.807, 2.05) is 6.92 Å². The number of ether oxygens (including phenoxy) is 1. The Labute approximate surface area is 92.7 Å².